The second-order valence-electron chi connectivity index (χ2n) is 9.27. The minimum absolute atomic E-state index is 0.0745. The first kappa shape index (κ1) is 19.9. The van der Waals surface area contributed by atoms with Crippen LogP contribution in [0.2, 0.25) is 0 Å². The molecule has 1 spiro atoms. The molecule has 0 bridgehead atoms. The van der Waals surface area contributed by atoms with Gasteiger partial charge in [-0.1, -0.05) is 27.7 Å². The lowest BCUT2D eigenvalue weighted by Gasteiger charge is -2.53. The van der Waals surface area contributed by atoms with E-state index < -0.39 is 11.7 Å². The predicted octanol–water partition coefficient (Wildman–Crippen LogP) is 2.87. The first-order valence-electron chi connectivity index (χ1n) is 9.36. The molecule has 1 aromatic heterocycles. The highest BCUT2D eigenvalue weighted by Gasteiger charge is 2.51. The number of pyridine rings is 1. The number of aromatic hydroxyl groups is 1. The van der Waals surface area contributed by atoms with Gasteiger partial charge in [0.15, 0.2) is 23.0 Å². The number of hydrogen-bond donors (Lipinski definition) is 2. The van der Waals surface area contributed by atoms with Gasteiger partial charge in [0.05, 0.1) is 26.4 Å². The Hall–Kier alpha value is -1.86. The summed E-state index contributed by atoms with van der Waals surface area (Å²) in [5, 5.41) is 12.9. The zero-order chi connectivity index (χ0) is 19.9. The third kappa shape index (κ3) is 4.35. The van der Waals surface area contributed by atoms with Crippen molar-refractivity contribution in [2.45, 2.75) is 58.8 Å². The molecule has 150 valence electrons. The Morgan fingerprint density at radius 2 is 1.78 bits per heavy atom. The molecule has 2 N–H and O–H groups in total. The largest absolute Gasteiger partial charge is 0.503 e. The fraction of sp³-hybridized carbons (Fsp3) is 0.700. The number of nitrogens with one attached hydrogen (secondary N) is 1. The lowest BCUT2D eigenvalue weighted by molar-refractivity contribution is -0.312. The maximum atomic E-state index is 12.5. The van der Waals surface area contributed by atoms with Crippen molar-refractivity contribution in [3.05, 3.63) is 18.0 Å². The van der Waals surface area contributed by atoms with E-state index in [1.54, 1.807) is 0 Å². The number of ether oxygens (including phenoxy) is 3. The molecule has 3 rings (SSSR count). The summed E-state index contributed by atoms with van der Waals surface area (Å²) >= 11 is 0. The molecule has 27 heavy (non-hydrogen) atoms. The molecule has 1 aliphatic heterocycles. The molecule has 2 heterocycles. The molecule has 0 atom stereocenters. The van der Waals surface area contributed by atoms with E-state index in [1.807, 2.05) is 0 Å². The average Bonchev–Trinajstić information content (AvgIpc) is 2.54. The summed E-state index contributed by atoms with van der Waals surface area (Å²) in [6.45, 7) is 9.70. The Morgan fingerprint density at radius 1 is 1.19 bits per heavy atom. The van der Waals surface area contributed by atoms with Crippen molar-refractivity contribution in [2.75, 3.05) is 20.3 Å². The molecule has 2 aliphatic rings. The van der Waals surface area contributed by atoms with Crippen LogP contribution in [0.25, 0.3) is 0 Å². The number of nitrogens with zero attached hydrogens (tertiary/aromatic N) is 1. The van der Waals surface area contributed by atoms with Gasteiger partial charge in [0.25, 0.3) is 5.91 Å². The second-order valence-corrected chi connectivity index (χ2v) is 9.27. The lowest BCUT2D eigenvalue weighted by atomic mass is 9.63. The second kappa shape index (κ2) is 6.95. The van der Waals surface area contributed by atoms with Crippen LogP contribution in [0.4, 0.5) is 0 Å². The number of methoxy groups -OCH3 is 1. The van der Waals surface area contributed by atoms with Gasteiger partial charge in [0.2, 0.25) is 0 Å². The molecule has 2 fully saturated rings. The van der Waals surface area contributed by atoms with Gasteiger partial charge in [-0.2, -0.15) is 0 Å². The Labute approximate surface area is 160 Å². The molecule has 0 radical (unpaired) electrons. The van der Waals surface area contributed by atoms with E-state index in [0.29, 0.717) is 13.2 Å². The van der Waals surface area contributed by atoms with Gasteiger partial charge in [-0.3, -0.25) is 4.79 Å². The molecule has 1 saturated carbocycles. The highest BCUT2D eigenvalue weighted by Crippen LogP contribution is 2.52. The first-order valence-corrected chi connectivity index (χ1v) is 9.36. The summed E-state index contributed by atoms with van der Waals surface area (Å²) in [5.74, 6) is -1.15. The van der Waals surface area contributed by atoms with Crippen molar-refractivity contribution in [3.63, 3.8) is 0 Å². The molecular weight excluding hydrogens is 348 g/mol. The van der Waals surface area contributed by atoms with E-state index in [0.717, 1.165) is 19.3 Å². The Bertz CT molecular complexity index is 690. The smallest absolute Gasteiger partial charge is 0.274 e. The summed E-state index contributed by atoms with van der Waals surface area (Å²) in [6.07, 6.45) is 4.21. The maximum Gasteiger partial charge on any atom is 0.274 e. The number of carbonyl (C=O) groups is 1. The number of hydrogen-bond acceptors (Lipinski definition) is 6. The van der Waals surface area contributed by atoms with E-state index in [4.69, 9.17) is 14.2 Å². The maximum absolute atomic E-state index is 12.5. The van der Waals surface area contributed by atoms with Gasteiger partial charge in [-0.05, 0) is 17.3 Å². The topological polar surface area (TPSA) is 89.9 Å². The lowest BCUT2D eigenvalue weighted by Crippen LogP contribution is -2.57. The highest BCUT2D eigenvalue weighted by molar-refractivity contribution is 5.95. The van der Waals surface area contributed by atoms with Crippen LogP contribution in [0.15, 0.2) is 12.3 Å². The average molecular weight is 378 g/mol. The van der Waals surface area contributed by atoms with E-state index in [2.05, 4.69) is 38.0 Å². The van der Waals surface area contributed by atoms with E-state index in [9.17, 15) is 9.90 Å². The molecule has 1 aromatic rings. The van der Waals surface area contributed by atoms with Gasteiger partial charge < -0.3 is 24.6 Å². The number of rotatable bonds is 3. The minimum Gasteiger partial charge on any atom is -0.503 e. The molecule has 7 nitrogen and oxygen atoms in total. The molecule has 7 heteroatoms. The zero-order valence-corrected chi connectivity index (χ0v) is 16.8. The summed E-state index contributed by atoms with van der Waals surface area (Å²) in [7, 11) is 1.42. The van der Waals surface area contributed by atoms with Crippen LogP contribution in [0.3, 0.4) is 0 Å². The Balaban J connectivity index is 1.64. The van der Waals surface area contributed by atoms with Gasteiger partial charge in [-0.25, -0.2) is 4.98 Å². The van der Waals surface area contributed by atoms with Crippen molar-refractivity contribution in [1.82, 2.24) is 10.3 Å². The molecular formula is C20H30N2O5. The fourth-order valence-electron chi connectivity index (χ4n) is 4.84. The van der Waals surface area contributed by atoms with E-state index in [-0.39, 0.29) is 34.1 Å². The van der Waals surface area contributed by atoms with Gasteiger partial charge in [0.1, 0.15) is 0 Å². The summed E-state index contributed by atoms with van der Waals surface area (Å²) in [6, 6.07) is 1.19. The summed E-state index contributed by atoms with van der Waals surface area (Å²) in [5.41, 5.74) is 0.192. The van der Waals surface area contributed by atoms with Gasteiger partial charge >= 0.3 is 0 Å². The van der Waals surface area contributed by atoms with Crippen molar-refractivity contribution in [1.29, 1.82) is 0 Å². The number of aromatic nitrogens is 1. The first-order chi connectivity index (χ1) is 12.5. The Kier molecular flexibility index (Phi) is 5.12. The summed E-state index contributed by atoms with van der Waals surface area (Å²) in [4.78, 5) is 16.4. The molecule has 0 aromatic carbocycles. The third-order valence-electron chi connectivity index (χ3n) is 5.21. The quantitative estimate of drug-likeness (QED) is 0.841. The zero-order valence-electron chi connectivity index (χ0n) is 16.8. The number of amides is 1. The van der Waals surface area contributed by atoms with Crippen LogP contribution in [-0.2, 0) is 9.47 Å². The third-order valence-corrected chi connectivity index (χ3v) is 5.21. The van der Waals surface area contributed by atoms with Crippen molar-refractivity contribution >= 4 is 5.91 Å². The van der Waals surface area contributed by atoms with Gasteiger partial charge in [0, 0.05) is 25.1 Å². The predicted molar refractivity (Wildman–Crippen MR) is 99.8 cm³/mol. The van der Waals surface area contributed by atoms with Gasteiger partial charge in [-0.15, -0.1) is 0 Å². The van der Waals surface area contributed by atoms with E-state index in [1.165, 1.54) is 19.4 Å². The van der Waals surface area contributed by atoms with Crippen molar-refractivity contribution in [2.24, 2.45) is 10.8 Å². The highest BCUT2D eigenvalue weighted by atomic mass is 16.7. The monoisotopic (exact) mass is 378 g/mol. The molecule has 1 saturated heterocycles. The number of carbonyl (C=O) groups excluding carboxylic acids is 1. The van der Waals surface area contributed by atoms with Crippen LogP contribution >= 0.6 is 0 Å². The molecule has 0 unspecified atom stereocenters. The Morgan fingerprint density at radius 3 is 2.33 bits per heavy atom. The molecule has 1 amide bonds. The summed E-state index contributed by atoms with van der Waals surface area (Å²) < 4.78 is 17.3. The normalized spacial score (nSPS) is 23.7. The SMILES string of the molecule is COc1ccnc(C(=O)NC2COC3(CC(C)(C)CC(C)(C)C3)OC2)c1O. The minimum atomic E-state index is -0.594. The van der Waals surface area contributed by atoms with Crippen molar-refractivity contribution < 1.29 is 24.1 Å². The van der Waals surface area contributed by atoms with Crippen LogP contribution < -0.4 is 10.1 Å². The van der Waals surface area contributed by atoms with Crippen LogP contribution in [0.1, 0.15) is 57.4 Å². The van der Waals surface area contributed by atoms with Crippen molar-refractivity contribution in [3.8, 4) is 11.5 Å². The van der Waals surface area contributed by atoms with Crippen LogP contribution in [0.5, 0.6) is 11.5 Å². The van der Waals surface area contributed by atoms with E-state index >= 15 is 0 Å². The fourth-order valence-corrected chi connectivity index (χ4v) is 4.84. The standard InChI is InChI=1S/C20H30N2O5/c1-18(2)10-19(3,4)12-20(11-18)26-8-13(9-27-20)22-17(24)15-16(23)14(25-5)6-7-21-15/h6-7,13,23H,8-12H2,1-5H3,(H,22,24). The molecule has 1 aliphatic carbocycles. The van der Waals surface area contributed by atoms with Crippen LogP contribution in [-0.4, -0.2) is 48.2 Å². The van der Waals surface area contributed by atoms with Crippen LogP contribution in [0, 0.1) is 10.8 Å².